The molecule has 0 bridgehead atoms. The van der Waals surface area contributed by atoms with E-state index in [0.717, 1.165) is 18.4 Å². The molecule has 2 N–H and O–H groups in total. The molecular weight excluding hydrogens is 483 g/mol. The molecule has 36 heavy (non-hydrogen) atoms. The van der Waals surface area contributed by atoms with Crippen molar-refractivity contribution in [2.45, 2.75) is 25.8 Å². The molecule has 1 aliphatic heterocycles. The van der Waals surface area contributed by atoms with Gasteiger partial charge < -0.3 is 0 Å². The van der Waals surface area contributed by atoms with E-state index < -0.39 is 31.9 Å². The van der Waals surface area contributed by atoms with Crippen LogP contribution in [0.25, 0.3) is 11.4 Å². The summed E-state index contributed by atoms with van der Waals surface area (Å²) in [6.45, 7) is 3.46. The van der Waals surface area contributed by atoms with Crippen LogP contribution < -0.4 is 10.6 Å². The molecule has 1 aromatic heterocycles. The van der Waals surface area contributed by atoms with Crippen molar-refractivity contribution in [1.82, 2.24) is 25.1 Å². The van der Waals surface area contributed by atoms with Crippen LogP contribution in [0.2, 0.25) is 0 Å². The maximum absolute atomic E-state index is 13.1. The summed E-state index contributed by atoms with van der Waals surface area (Å²) in [5, 5.41) is 5.46. The average molecular weight is 513 g/mol. The van der Waals surface area contributed by atoms with Crippen molar-refractivity contribution < 1.29 is 23.7 Å². The van der Waals surface area contributed by atoms with Crippen molar-refractivity contribution in [3.05, 3.63) is 42.1 Å². The molecule has 1 aromatic carbocycles. The molecular formula is C24H29N6O5P. The zero-order valence-electron chi connectivity index (χ0n) is 20.3. The van der Waals surface area contributed by atoms with E-state index in [0.29, 0.717) is 31.3 Å². The molecule has 190 valence electrons. The SMILES string of the molecule is CCCCOC(=O)N1CCN(C(=O)[C@H](C#P=O)NC(=O)c2cc(NC)nc(-c3ccccc3)n2)CC1. The zero-order chi connectivity index (χ0) is 25.9. The van der Waals surface area contributed by atoms with Gasteiger partial charge in [-0.15, -0.1) is 0 Å². The first-order chi connectivity index (χ1) is 17.5. The number of anilines is 1. The molecule has 3 rings (SSSR count). The number of carbonyl (C=O) groups is 3. The quantitative estimate of drug-likeness (QED) is 0.407. The van der Waals surface area contributed by atoms with Crippen LogP contribution in [0.15, 0.2) is 36.4 Å². The molecule has 2 heterocycles. The van der Waals surface area contributed by atoms with Gasteiger partial charge in [-0.05, 0) is 0 Å². The molecule has 1 atom stereocenters. The summed E-state index contributed by atoms with van der Waals surface area (Å²) in [5.74, 6) is -0.350. The topological polar surface area (TPSA) is 134 Å². The summed E-state index contributed by atoms with van der Waals surface area (Å²) in [7, 11) is 1.14. The second-order valence-corrected chi connectivity index (χ2v) is 8.43. The van der Waals surface area contributed by atoms with Gasteiger partial charge >= 0.3 is 204 Å². The zero-order valence-corrected chi connectivity index (χ0v) is 21.2. The predicted octanol–water partition coefficient (Wildman–Crippen LogP) is 2.62. The third kappa shape index (κ3) is 7.16. The van der Waals surface area contributed by atoms with Crippen molar-refractivity contribution in [3.63, 3.8) is 0 Å². The predicted molar refractivity (Wildman–Crippen MR) is 134 cm³/mol. The number of hydrogen-bond donors (Lipinski definition) is 2. The summed E-state index contributed by atoms with van der Waals surface area (Å²) < 4.78 is 16.5. The molecule has 11 nitrogen and oxygen atoms in total. The molecule has 1 saturated heterocycles. The second kappa shape index (κ2) is 13.4. The third-order valence-corrected chi connectivity index (χ3v) is 5.89. The Morgan fingerprint density at radius 1 is 1.11 bits per heavy atom. The first-order valence-corrected chi connectivity index (χ1v) is 12.5. The van der Waals surface area contributed by atoms with Crippen LogP contribution in [0.1, 0.15) is 30.3 Å². The molecule has 0 saturated carbocycles. The maximum atomic E-state index is 13.1. The van der Waals surface area contributed by atoms with Gasteiger partial charge in [0.2, 0.25) is 0 Å². The first-order valence-electron chi connectivity index (χ1n) is 11.7. The molecule has 2 aromatic rings. The standard InChI is InChI=1S/C24H29N6O5P/c1-3-4-14-35-24(33)30-12-10-29(11-13-30)23(32)19(16-36-34)27-22(31)18-15-20(25-2)28-21(26-18)17-8-6-5-7-9-17/h5-9,15,19H,3-4,10-14H2,1-2H3,(H,27,31)(H,25,26,28)/t19-/m0/s1. The number of nitrogens with zero attached hydrogens (tertiary/aromatic N) is 4. The molecule has 0 radical (unpaired) electrons. The molecule has 0 unspecified atom stereocenters. The van der Waals surface area contributed by atoms with Crippen LogP contribution in [-0.4, -0.2) is 83.6 Å². The van der Waals surface area contributed by atoms with E-state index >= 15 is 0 Å². The van der Waals surface area contributed by atoms with Crippen molar-refractivity contribution in [1.29, 1.82) is 0 Å². The van der Waals surface area contributed by atoms with E-state index in [9.17, 15) is 18.9 Å². The first kappa shape index (κ1) is 26.9. The summed E-state index contributed by atoms with van der Waals surface area (Å²) in [6, 6.07) is 9.37. The Morgan fingerprint density at radius 3 is 2.44 bits per heavy atom. The van der Waals surface area contributed by atoms with E-state index in [1.165, 1.54) is 15.9 Å². The Hall–Kier alpha value is -3.68. The van der Waals surface area contributed by atoms with Crippen molar-refractivity contribution in [2.75, 3.05) is 45.2 Å². The van der Waals surface area contributed by atoms with Crippen LogP contribution in [0, 0.1) is 5.63 Å². The monoisotopic (exact) mass is 512 g/mol. The second-order valence-electron chi connectivity index (χ2n) is 7.99. The molecule has 3 amide bonds. The van der Waals surface area contributed by atoms with E-state index in [1.54, 1.807) is 7.05 Å². The Kier molecular flexibility index (Phi) is 10.0. The van der Waals surface area contributed by atoms with Crippen LogP contribution in [-0.2, 0) is 14.1 Å². The number of carbonyl (C=O) groups excluding carboxylic acids is 3. The normalized spacial score (nSPS) is 13.8. The van der Waals surface area contributed by atoms with Crippen LogP contribution >= 0.6 is 7.92 Å². The van der Waals surface area contributed by atoms with Gasteiger partial charge in [0.05, 0.1) is 0 Å². The minimum atomic E-state index is -1.26. The van der Waals surface area contributed by atoms with E-state index in [2.05, 4.69) is 26.2 Å². The molecule has 1 fully saturated rings. The van der Waals surface area contributed by atoms with Crippen molar-refractivity contribution in [2.24, 2.45) is 0 Å². The Bertz CT molecular complexity index is 1180. The van der Waals surface area contributed by atoms with Crippen LogP contribution in [0.5, 0.6) is 0 Å². The van der Waals surface area contributed by atoms with E-state index in [-0.39, 0.29) is 18.8 Å². The van der Waals surface area contributed by atoms with Gasteiger partial charge in [-0.2, -0.15) is 0 Å². The van der Waals surface area contributed by atoms with Gasteiger partial charge in [0.15, 0.2) is 0 Å². The fourth-order valence-electron chi connectivity index (χ4n) is 3.50. The van der Waals surface area contributed by atoms with Crippen molar-refractivity contribution >= 4 is 31.6 Å². The molecule has 0 spiro atoms. The van der Waals surface area contributed by atoms with Crippen LogP contribution in [0.4, 0.5) is 10.6 Å². The Labute approximate surface area is 210 Å². The van der Waals surface area contributed by atoms with Gasteiger partial charge in [-0.3, -0.25) is 0 Å². The number of amides is 3. The Morgan fingerprint density at radius 2 is 1.81 bits per heavy atom. The van der Waals surface area contributed by atoms with Gasteiger partial charge in [0, 0.05) is 0 Å². The van der Waals surface area contributed by atoms with Gasteiger partial charge in [0.25, 0.3) is 0 Å². The van der Waals surface area contributed by atoms with Crippen LogP contribution in [0.3, 0.4) is 0 Å². The molecule has 1 aliphatic rings. The number of benzene rings is 1. The average Bonchev–Trinajstić information content (AvgIpc) is 2.92. The number of nitrogens with one attached hydrogen (secondary N) is 2. The summed E-state index contributed by atoms with van der Waals surface area (Å²) in [5.41, 5.74) is 3.21. The van der Waals surface area contributed by atoms with Gasteiger partial charge in [0.1, 0.15) is 0 Å². The number of aromatic nitrogens is 2. The van der Waals surface area contributed by atoms with E-state index in [1.807, 2.05) is 37.3 Å². The minimum absolute atomic E-state index is 0.0370. The molecule has 12 heteroatoms. The summed E-state index contributed by atoms with van der Waals surface area (Å²) >= 11 is 0. The van der Waals surface area contributed by atoms with E-state index in [4.69, 9.17) is 4.74 Å². The Balaban J connectivity index is 1.68. The number of unbranched alkanes of at least 4 members (excludes halogenated alkanes) is 1. The number of piperazine rings is 1. The number of hydrogen-bond acceptors (Lipinski definition) is 8. The molecule has 0 aliphatic carbocycles. The van der Waals surface area contributed by atoms with Crippen molar-refractivity contribution in [3.8, 4) is 17.0 Å². The summed E-state index contributed by atoms with van der Waals surface area (Å²) in [4.78, 5) is 50.0. The third-order valence-electron chi connectivity index (χ3n) is 5.52. The fraction of sp³-hybridized carbons (Fsp3) is 0.417. The summed E-state index contributed by atoms with van der Waals surface area (Å²) in [6.07, 6.45) is 1.31. The fourth-order valence-corrected chi connectivity index (χ4v) is 3.78. The number of ether oxygens (including phenoxy) is 1. The number of rotatable bonds is 8. The van der Waals surface area contributed by atoms with Gasteiger partial charge in [-0.25, -0.2) is 0 Å². The van der Waals surface area contributed by atoms with Gasteiger partial charge in [-0.1, -0.05) is 6.92 Å².